The van der Waals surface area contributed by atoms with Crippen molar-refractivity contribution in [3.05, 3.63) is 0 Å². The third kappa shape index (κ3) is 1.98. The molecule has 0 bridgehead atoms. The molecule has 13 heavy (non-hydrogen) atoms. The van der Waals surface area contributed by atoms with Crippen molar-refractivity contribution in [2.45, 2.75) is 24.8 Å². The SMILES string of the molecule is COC1OC(O)C(O)C(CO)C1O. The molecule has 0 saturated carbocycles. The van der Waals surface area contributed by atoms with E-state index in [0.717, 1.165) is 0 Å². The molecule has 6 nitrogen and oxygen atoms in total. The molecule has 1 heterocycles. The summed E-state index contributed by atoms with van der Waals surface area (Å²) in [5, 5.41) is 36.7. The van der Waals surface area contributed by atoms with Crippen molar-refractivity contribution in [1.82, 2.24) is 0 Å². The van der Waals surface area contributed by atoms with E-state index in [9.17, 15) is 10.2 Å². The second-order valence-corrected chi connectivity index (χ2v) is 2.96. The van der Waals surface area contributed by atoms with E-state index in [0.29, 0.717) is 0 Å². The molecule has 1 aliphatic heterocycles. The fourth-order valence-electron chi connectivity index (χ4n) is 1.32. The molecule has 0 aliphatic carbocycles. The molecular formula is C7H14O6. The van der Waals surface area contributed by atoms with E-state index < -0.39 is 37.3 Å². The van der Waals surface area contributed by atoms with Gasteiger partial charge in [0.1, 0.15) is 12.2 Å². The Bertz CT molecular complexity index is 163. The third-order valence-electron chi connectivity index (χ3n) is 2.17. The van der Waals surface area contributed by atoms with Crippen molar-refractivity contribution in [2.75, 3.05) is 13.7 Å². The molecule has 1 fully saturated rings. The average Bonchev–Trinajstić information content (AvgIpc) is 2.12. The van der Waals surface area contributed by atoms with Gasteiger partial charge in [-0.25, -0.2) is 0 Å². The maximum absolute atomic E-state index is 9.44. The summed E-state index contributed by atoms with van der Waals surface area (Å²) < 4.78 is 9.41. The van der Waals surface area contributed by atoms with Crippen LogP contribution in [0.3, 0.4) is 0 Å². The maximum atomic E-state index is 9.44. The Hall–Kier alpha value is -0.240. The van der Waals surface area contributed by atoms with E-state index in [1.165, 1.54) is 7.11 Å². The molecule has 5 unspecified atom stereocenters. The first-order valence-corrected chi connectivity index (χ1v) is 3.95. The predicted molar refractivity (Wildman–Crippen MR) is 40.5 cm³/mol. The van der Waals surface area contributed by atoms with Gasteiger partial charge in [0.15, 0.2) is 12.6 Å². The van der Waals surface area contributed by atoms with Gasteiger partial charge >= 0.3 is 0 Å². The van der Waals surface area contributed by atoms with E-state index in [1.54, 1.807) is 0 Å². The lowest BCUT2D eigenvalue weighted by Gasteiger charge is -2.39. The van der Waals surface area contributed by atoms with Gasteiger partial charge in [-0.1, -0.05) is 0 Å². The van der Waals surface area contributed by atoms with Crippen LogP contribution in [0.5, 0.6) is 0 Å². The highest BCUT2D eigenvalue weighted by Crippen LogP contribution is 2.24. The van der Waals surface area contributed by atoms with Crippen LogP contribution in [-0.2, 0) is 9.47 Å². The minimum absolute atomic E-state index is 0.442. The van der Waals surface area contributed by atoms with E-state index >= 15 is 0 Å². The lowest BCUT2D eigenvalue weighted by Crippen LogP contribution is -2.55. The summed E-state index contributed by atoms with van der Waals surface area (Å²) in [6, 6.07) is 0. The zero-order valence-electron chi connectivity index (χ0n) is 7.20. The predicted octanol–water partition coefficient (Wildman–Crippen LogP) is -2.36. The van der Waals surface area contributed by atoms with Crippen LogP contribution >= 0.6 is 0 Å². The summed E-state index contributed by atoms with van der Waals surface area (Å²) in [4.78, 5) is 0. The number of aliphatic hydroxyl groups excluding tert-OH is 4. The lowest BCUT2D eigenvalue weighted by atomic mass is 9.93. The van der Waals surface area contributed by atoms with Crippen LogP contribution in [0.25, 0.3) is 0 Å². The summed E-state index contributed by atoms with van der Waals surface area (Å²) >= 11 is 0. The molecule has 78 valence electrons. The molecule has 4 N–H and O–H groups in total. The van der Waals surface area contributed by atoms with Crippen LogP contribution in [0, 0.1) is 5.92 Å². The molecule has 1 saturated heterocycles. The second kappa shape index (κ2) is 4.32. The normalized spacial score (nSPS) is 46.4. The topological polar surface area (TPSA) is 99.4 Å². The highest BCUT2D eigenvalue weighted by atomic mass is 16.7. The lowest BCUT2D eigenvalue weighted by molar-refractivity contribution is -0.328. The molecule has 0 spiro atoms. The summed E-state index contributed by atoms with van der Waals surface area (Å²) in [5.41, 5.74) is 0. The fourth-order valence-corrected chi connectivity index (χ4v) is 1.32. The second-order valence-electron chi connectivity index (χ2n) is 2.96. The summed E-state index contributed by atoms with van der Waals surface area (Å²) in [5.74, 6) is -0.853. The van der Waals surface area contributed by atoms with Crippen LogP contribution in [0.2, 0.25) is 0 Å². The average molecular weight is 194 g/mol. The maximum Gasteiger partial charge on any atom is 0.186 e. The number of hydrogen-bond donors (Lipinski definition) is 4. The molecule has 0 aromatic carbocycles. The Morgan fingerprint density at radius 2 is 1.85 bits per heavy atom. The van der Waals surface area contributed by atoms with Crippen LogP contribution in [-0.4, -0.2) is 58.9 Å². The zero-order valence-corrected chi connectivity index (χ0v) is 7.20. The van der Waals surface area contributed by atoms with Crippen LogP contribution < -0.4 is 0 Å². The van der Waals surface area contributed by atoms with Gasteiger partial charge < -0.3 is 29.9 Å². The standard InChI is InChI=1S/C7H14O6/c1-12-7-5(10)3(2-8)4(9)6(11)13-7/h3-11H,2H2,1H3. The molecule has 5 atom stereocenters. The van der Waals surface area contributed by atoms with Gasteiger partial charge in [-0.05, 0) is 0 Å². The largest absolute Gasteiger partial charge is 0.396 e. The third-order valence-corrected chi connectivity index (χ3v) is 2.17. The van der Waals surface area contributed by atoms with Crippen molar-refractivity contribution in [3.8, 4) is 0 Å². The van der Waals surface area contributed by atoms with Gasteiger partial charge in [0.05, 0.1) is 6.61 Å². The number of aliphatic hydroxyl groups is 4. The summed E-state index contributed by atoms with van der Waals surface area (Å²) in [6.07, 6.45) is -4.90. The molecule has 1 rings (SSSR count). The number of methoxy groups -OCH3 is 1. The van der Waals surface area contributed by atoms with E-state index in [1.807, 2.05) is 0 Å². The van der Waals surface area contributed by atoms with Gasteiger partial charge in [-0.2, -0.15) is 0 Å². The fraction of sp³-hybridized carbons (Fsp3) is 1.00. The molecule has 0 aromatic rings. The van der Waals surface area contributed by atoms with Gasteiger partial charge in [0, 0.05) is 13.0 Å². The molecule has 0 amide bonds. The Balaban J connectivity index is 2.69. The number of hydrogen-bond acceptors (Lipinski definition) is 6. The Kier molecular flexibility index (Phi) is 3.60. The Labute approximate surface area is 75.3 Å². The van der Waals surface area contributed by atoms with Gasteiger partial charge in [-0.15, -0.1) is 0 Å². The minimum Gasteiger partial charge on any atom is -0.396 e. The quantitative estimate of drug-likeness (QED) is 0.392. The van der Waals surface area contributed by atoms with Gasteiger partial charge in [0.25, 0.3) is 0 Å². The molecule has 0 radical (unpaired) electrons. The first-order valence-electron chi connectivity index (χ1n) is 3.95. The van der Waals surface area contributed by atoms with E-state index in [2.05, 4.69) is 0 Å². The molecular weight excluding hydrogens is 180 g/mol. The van der Waals surface area contributed by atoms with Crippen molar-refractivity contribution in [2.24, 2.45) is 5.92 Å². The molecule has 6 heteroatoms. The van der Waals surface area contributed by atoms with Gasteiger partial charge in [0.2, 0.25) is 0 Å². The molecule has 0 aromatic heterocycles. The first kappa shape index (κ1) is 10.8. The van der Waals surface area contributed by atoms with E-state index in [-0.39, 0.29) is 0 Å². The van der Waals surface area contributed by atoms with Crippen molar-refractivity contribution in [3.63, 3.8) is 0 Å². The van der Waals surface area contributed by atoms with E-state index in [4.69, 9.17) is 19.7 Å². The van der Waals surface area contributed by atoms with Gasteiger partial charge in [-0.3, -0.25) is 0 Å². The number of rotatable bonds is 2. The smallest absolute Gasteiger partial charge is 0.186 e. The highest BCUT2D eigenvalue weighted by Gasteiger charge is 2.43. The van der Waals surface area contributed by atoms with Crippen LogP contribution in [0.15, 0.2) is 0 Å². The summed E-state index contributed by atoms with van der Waals surface area (Å²) in [6.45, 7) is -0.442. The zero-order chi connectivity index (χ0) is 10.0. The van der Waals surface area contributed by atoms with Crippen molar-refractivity contribution >= 4 is 0 Å². The Morgan fingerprint density at radius 3 is 2.31 bits per heavy atom. The summed E-state index contributed by atoms with van der Waals surface area (Å²) in [7, 11) is 1.30. The highest BCUT2D eigenvalue weighted by molar-refractivity contribution is 4.84. The number of ether oxygens (including phenoxy) is 2. The van der Waals surface area contributed by atoms with Crippen LogP contribution in [0.4, 0.5) is 0 Å². The molecule has 1 aliphatic rings. The van der Waals surface area contributed by atoms with Crippen molar-refractivity contribution in [1.29, 1.82) is 0 Å². The van der Waals surface area contributed by atoms with Crippen molar-refractivity contribution < 1.29 is 29.9 Å². The monoisotopic (exact) mass is 194 g/mol. The van der Waals surface area contributed by atoms with Crippen LogP contribution in [0.1, 0.15) is 0 Å². The minimum atomic E-state index is -1.44. The first-order chi connectivity index (χ1) is 6.11. The Morgan fingerprint density at radius 1 is 1.23 bits per heavy atom.